The smallest absolute Gasteiger partial charge is 0.329 e. The molecule has 6 amide bonds. The molecule has 88 valence electrons. The number of nitrogens with one attached hydrogen (secondary N) is 3. The van der Waals surface area contributed by atoms with Gasteiger partial charge in [-0.25, -0.2) is 13.5 Å². The molecule has 0 saturated carbocycles. The first-order valence-corrected chi connectivity index (χ1v) is 5.56. The van der Waals surface area contributed by atoms with Gasteiger partial charge in [0, 0.05) is 0 Å². The summed E-state index contributed by atoms with van der Waals surface area (Å²) in [6.07, 6.45) is 0. The Labute approximate surface area is 107 Å². The second-order valence-electron chi connectivity index (χ2n) is 2.67. The quantitative estimate of drug-likeness (QED) is 0.233. The summed E-state index contributed by atoms with van der Waals surface area (Å²) in [4.78, 5) is 40.5. The molecule has 0 aromatic heterocycles. The van der Waals surface area contributed by atoms with E-state index in [1.165, 1.54) is 0 Å². The van der Waals surface area contributed by atoms with Crippen LogP contribution in [0, 0.1) is 0 Å². The molecule has 2 aliphatic rings. The van der Waals surface area contributed by atoms with Crippen LogP contribution in [0.1, 0.15) is 0 Å². The van der Waals surface area contributed by atoms with Crippen molar-refractivity contribution in [3.63, 3.8) is 0 Å². The van der Waals surface area contributed by atoms with Crippen LogP contribution in [0.25, 0.3) is 0 Å². The highest BCUT2D eigenvalue weighted by Gasteiger charge is 2.34. The van der Waals surface area contributed by atoms with E-state index >= 15 is 0 Å². The lowest BCUT2D eigenvalue weighted by Gasteiger charge is -2.03. The number of urea groups is 2. The average Bonchev–Trinajstić information content (AvgIpc) is 2.68. The number of nitrogens with zero attached hydrogens (tertiary/aromatic N) is 1. The summed E-state index contributed by atoms with van der Waals surface area (Å²) in [7, 11) is 0. The van der Waals surface area contributed by atoms with Crippen LogP contribution in [0.5, 0.6) is 0 Å². The molecule has 2 aliphatic heterocycles. The van der Waals surface area contributed by atoms with Crippen molar-refractivity contribution in [1.82, 2.24) is 19.9 Å². The zero-order valence-electron chi connectivity index (χ0n) is 7.62. The molecule has 0 aromatic carbocycles. The van der Waals surface area contributed by atoms with Gasteiger partial charge in [0.1, 0.15) is 0 Å². The fourth-order valence-corrected chi connectivity index (χ4v) is 1.37. The number of carbonyl (C=O) groups excluding carboxylic acids is 4. The lowest BCUT2D eigenvalue weighted by atomic mass is 10.7. The molecule has 10 heteroatoms. The molecule has 0 aromatic rings. The third kappa shape index (κ3) is 3.17. The molecule has 0 spiro atoms. The van der Waals surface area contributed by atoms with Gasteiger partial charge in [-0.05, 0) is 0 Å². The predicted octanol–water partition coefficient (Wildman–Crippen LogP) is -0.605. The fourth-order valence-electron chi connectivity index (χ4n) is 0.800. The second kappa shape index (κ2) is 5.25. The van der Waals surface area contributed by atoms with Crippen molar-refractivity contribution in [3.05, 3.63) is 0 Å². The van der Waals surface area contributed by atoms with Gasteiger partial charge in [-0.3, -0.25) is 20.2 Å². The normalized spacial score (nSPS) is 23.4. The maximum absolute atomic E-state index is 10.5. The van der Waals surface area contributed by atoms with Crippen LogP contribution in [-0.2, 0) is 9.59 Å². The van der Waals surface area contributed by atoms with E-state index in [-0.39, 0.29) is 18.4 Å². The number of hydrogen-bond donors (Lipinski definition) is 3. The Hall–Kier alpha value is -1.16. The highest BCUT2D eigenvalue weighted by molar-refractivity contribution is 9.11. The summed E-state index contributed by atoms with van der Waals surface area (Å²) in [5, 5.41) is 6.37. The van der Waals surface area contributed by atoms with Gasteiger partial charge in [0.05, 0.1) is 22.7 Å². The fraction of sp³-hybridized carbons (Fsp3) is 0.333. The zero-order chi connectivity index (χ0) is 12.3. The maximum Gasteiger partial charge on any atom is 0.335 e. The lowest BCUT2D eigenvalue weighted by Crippen LogP contribution is -2.22. The molecule has 2 saturated heterocycles. The molecule has 1 unspecified atom stereocenters. The zero-order valence-corrected chi connectivity index (χ0v) is 10.8. The number of imide groups is 2. The van der Waals surface area contributed by atoms with Crippen molar-refractivity contribution < 1.29 is 19.2 Å². The first-order chi connectivity index (χ1) is 7.41. The van der Waals surface area contributed by atoms with Gasteiger partial charge >= 0.3 is 12.1 Å². The summed E-state index contributed by atoms with van der Waals surface area (Å²) < 4.78 is 1.09. The maximum atomic E-state index is 10.5. The Balaban J connectivity index is 0.000000165. The van der Waals surface area contributed by atoms with Gasteiger partial charge in [-0.2, -0.15) is 0 Å². The third-order valence-corrected chi connectivity index (χ3v) is 3.61. The monoisotopic (exact) mass is 356 g/mol. The van der Waals surface area contributed by atoms with Crippen molar-refractivity contribution in [2.45, 2.75) is 4.95 Å². The van der Waals surface area contributed by atoms with Crippen LogP contribution in [-0.4, -0.2) is 39.3 Å². The first kappa shape index (κ1) is 12.9. The Morgan fingerprint density at radius 3 is 1.94 bits per heavy atom. The van der Waals surface area contributed by atoms with E-state index in [2.05, 4.69) is 42.7 Å². The number of hydrogen-bond acceptors (Lipinski definition) is 4. The van der Waals surface area contributed by atoms with Crippen molar-refractivity contribution >= 4 is 56.0 Å². The molecule has 8 nitrogen and oxygen atoms in total. The van der Waals surface area contributed by atoms with Gasteiger partial charge < -0.3 is 5.32 Å². The predicted molar refractivity (Wildman–Crippen MR) is 58.6 cm³/mol. The molecular weight excluding hydrogens is 352 g/mol. The molecule has 2 rings (SSSR count). The topological polar surface area (TPSA) is 108 Å². The highest BCUT2D eigenvalue weighted by atomic mass is 79.9. The van der Waals surface area contributed by atoms with Crippen LogP contribution in [0.3, 0.4) is 0 Å². The number of rotatable bonds is 0. The summed E-state index contributed by atoms with van der Waals surface area (Å²) in [5.41, 5.74) is 0. The van der Waals surface area contributed by atoms with E-state index in [1.807, 2.05) is 5.32 Å². The van der Waals surface area contributed by atoms with E-state index in [9.17, 15) is 19.2 Å². The molecular formula is C6H6Br2N4O4. The minimum atomic E-state index is -0.579. The van der Waals surface area contributed by atoms with E-state index in [1.54, 1.807) is 0 Å². The van der Waals surface area contributed by atoms with Crippen molar-refractivity contribution in [2.24, 2.45) is 0 Å². The highest BCUT2D eigenvalue weighted by Crippen LogP contribution is 2.17. The minimum Gasteiger partial charge on any atom is -0.329 e. The molecule has 1 atom stereocenters. The molecule has 0 aliphatic carbocycles. The number of amides is 6. The van der Waals surface area contributed by atoms with Crippen LogP contribution in [0.15, 0.2) is 0 Å². The van der Waals surface area contributed by atoms with Gasteiger partial charge in [-0.15, -0.1) is 0 Å². The Bertz CT molecular complexity index is 328. The van der Waals surface area contributed by atoms with E-state index < -0.39 is 17.0 Å². The lowest BCUT2D eigenvalue weighted by molar-refractivity contribution is -0.119. The van der Waals surface area contributed by atoms with Crippen LogP contribution in [0.4, 0.5) is 9.59 Å². The summed E-state index contributed by atoms with van der Waals surface area (Å²) in [5.74, 6) is -0.609. The third-order valence-electron chi connectivity index (χ3n) is 1.50. The van der Waals surface area contributed by atoms with Gasteiger partial charge in [-0.1, -0.05) is 15.9 Å². The SMILES string of the molecule is O=C1CNC(=O)N1.O=C1NC(=O)N(Br)C1Br. The summed E-state index contributed by atoms with van der Waals surface area (Å²) in [6.45, 7) is 0.124. The van der Waals surface area contributed by atoms with Crippen LogP contribution < -0.4 is 16.0 Å². The van der Waals surface area contributed by atoms with Crippen LogP contribution >= 0.6 is 32.1 Å². The molecule has 3 N–H and O–H groups in total. The average molecular weight is 358 g/mol. The first-order valence-electron chi connectivity index (χ1n) is 3.93. The number of alkyl halides is 1. The molecule has 2 fully saturated rings. The molecule has 16 heavy (non-hydrogen) atoms. The Morgan fingerprint density at radius 1 is 1.19 bits per heavy atom. The largest absolute Gasteiger partial charge is 0.335 e. The summed E-state index contributed by atoms with van der Waals surface area (Å²) >= 11 is 5.82. The van der Waals surface area contributed by atoms with Crippen molar-refractivity contribution in [3.8, 4) is 0 Å². The molecule has 0 radical (unpaired) electrons. The van der Waals surface area contributed by atoms with Crippen molar-refractivity contribution in [1.29, 1.82) is 0 Å². The van der Waals surface area contributed by atoms with Gasteiger partial charge in [0.15, 0.2) is 4.95 Å². The second-order valence-corrected chi connectivity index (χ2v) is 4.30. The van der Waals surface area contributed by atoms with Crippen molar-refractivity contribution in [2.75, 3.05) is 6.54 Å². The Morgan fingerprint density at radius 2 is 1.81 bits per heavy atom. The van der Waals surface area contributed by atoms with E-state index in [4.69, 9.17) is 0 Å². The molecule has 0 bridgehead atoms. The Kier molecular flexibility index (Phi) is 4.24. The van der Waals surface area contributed by atoms with Crippen LogP contribution in [0.2, 0.25) is 0 Å². The molecule has 2 heterocycles. The standard InChI is InChI=1S/C3H2Br2N2O2.C3H4N2O2/c4-1-2(8)6-3(9)7(1)5;6-2-1-4-3(7)5-2/h1H,(H,6,8,9);1H2,(H2,4,5,6,7). The van der Waals surface area contributed by atoms with Gasteiger partial charge in [0.25, 0.3) is 5.91 Å². The minimum absolute atomic E-state index is 0.124. The number of halogens is 2. The van der Waals surface area contributed by atoms with Gasteiger partial charge in [0.2, 0.25) is 5.91 Å². The summed E-state index contributed by atoms with van der Waals surface area (Å²) in [6, 6.07) is -0.841. The number of carbonyl (C=O) groups is 4. The van der Waals surface area contributed by atoms with E-state index in [0.717, 1.165) is 3.93 Å². The van der Waals surface area contributed by atoms with E-state index in [0.29, 0.717) is 0 Å².